The van der Waals surface area contributed by atoms with Gasteiger partial charge in [0.2, 0.25) is 5.91 Å². The Hall–Kier alpha value is -2.62. The maximum Gasteiger partial charge on any atom is 0.228 e. The van der Waals surface area contributed by atoms with Crippen LogP contribution < -0.4 is 10.1 Å². The second-order valence-electron chi connectivity index (χ2n) is 4.63. The summed E-state index contributed by atoms with van der Waals surface area (Å²) in [5.41, 5.74) is 2.72. The van der Waals surface area contributed by atoms with Crippen molar-refractivity contribution in [1.82, 2.24) is 0 Å². The first-order chi connectivity index (χ1) is 9.69. The lowest BCUT2D eigenvalue weighted by atomic mass is 9.99. The summed E-state index contributed by atoms with van der Waals surface area (Å²) < 4.78 is 5.21. The van der Waals surface area contributed by atoms with E-state index in [1.54, 1.807) is 36.4 Å². The molecule has 3 rings (SSSR count). The number of benzene rings is 2. The Bertz CT molecular complexity index is 707. The van der Waals surface area contributed by atoms with Crippen LogP contribution >= 0.6 is 0 Å². The molecule has 2 aromatic carbocycles. The Morgan fingerprint density at radius 2 is 2.00 bits per heavy atom. The fourth-order valence-corrected chi connectivity index (χ4v) is 2.36. The number of carbonyl (C=O) groups is 2. The summed E-state index contributed by atoms with van der Waals surface area (Å²) in [4.78, 5) is 23.9. The average molecular weight is 267 g/mol. The molecular formula is C16H13NO3. The summed E-state index contributed by atoms with van der Waals surface area (Å²) >= 11 is 0. The number of carbonyl (C=O) groups excluding carboxylic acids is 2. The van der Waals surface area contributed by atoms with Crippen LogP contribution in [0.2, 0.25) is 0 Å². The highest BCUT2D eigenvalue weighted by atomic mass is 16.5. The van der Waals surface area contributed by atoms with E-state index < -0.39 is 0 Å². The zero-order chi connectivity index (χ0) is 14.1. The average Bonchev–Trinajstić information content (AvgIpc) is 2.85. The third-order valence-electron chi connectivity index (χ3n) is 3.34. The van der Waals surface area contributed by atoms with Gasteiger partial charge in [0.05, 0.1) is 19.1 Å². The Labute approximate surface area is 116 Å². The molecule has 1 heterocycles. The number of rotatable bonds is 3. The maximum atomic E-state index is 12.5. The summed E-state index contributed by atoms with van der Waals surface area (Å²) in [5, 5.41) is 2.75. The summed E-state index contributed by atoms with van der Waals surface area (Å²) in [5.74, 6) is 0.402. The van der Waals surface area contributed by atoms with Crippen LogP contribution in [-0.2, 0) is 11.2 Å². The van der Waals surface area contributed by atoms with Gasteiger partial charge < -0.3 is 10.1 Å². The number of ether oxygens (including phenoxy) is 1. The SMILES string of the molecule is COc1ccccc1C(=O)c1ccc2c(c1)CC(=O)N2. The molecule has 1 N–H and O–H groups in total. The summed E-state index contributed by atoms with van der Waals surface area (Å²) in [6, 6.07) is 12.4. The number of anilines is 1. The van der Waals surface area contributed by atoms with Gasteiger partial charge in [-0.2, -0.15) is 0 Å². The summed E-state index contributed by atoms with van der Waals surface area (Å²) in [6.07, 6.45) is 0.322. The van der Waals surface area contributed by atoms with Gasteiger partial charge in [0.15, 0.2) is 5.78 Å². The zero-order valence-electron chi connectivity index (χ0n) is 11.0. The number of hydrogen-bond acceptors (Lipinski definition) is 3. The molecule has 0 saturated heterocycles. The number of ketones is 1. The number of methoxy groups -OCH3 is 1. The Kier molecular flexibility index (Phi) is 2.99. The van der Waals surface area contributed by atoms with Crippen molar-refractivity contribution in [2.75, 3.05) is 12.4 Å². The number of para-hydroxylation sites is 1. The number of nitrogens with one attached hydrogen (secondary N) is 1. The van der Waals surface area contributed by atoms with Crippen LogP contribution in [0.1, 0.15) is 21.5 Å². The first-order valence-electron chi connectivity index (χ1n) is 6.29. The van der Waals surface area contributed by atoms with Gasteiger partial charge >= 0.3 is 0 Å². The van der Waals surface area contributed by atoms with E-state index in [1.807, 2.05) is 6.07 Å². The molecule has 0 atom stereocenters. The normalized spacial score (nSPS) is 12.8. The molecule has 0 fully saturated rings. The van der Waals surface area contributed by atoms with E-state index in [0.29, 0.717) is 23.3 Å². The second-order valence-corrected chi connectivity index (χ2v) is 4.63. The standard InChI is InChI=1S/C16H13NO3/c1-20-14-5-3-2-4-12(14)16(19)10-6-7-13-11(8-10)9-15(18)17-13/h2-8H,9H2,1H3,(H,17,18). The van der Waals surface area contributed by atoms with Crippen LogP contribution in [0.3, 0.4) is 0 Å². The van der Waals surface area contributed by atoms with Crippen LogP contribution in [0.5, 0.6) is 5.75 Å². The monoisotopic (exact) mass is 267 g/mol. The predicted octanol–water partition coefficient (Wildman–Crippen LogP) is 2.42. The van der Waals surface area contributed by atoms with E-state index >= 15 is 0 Å². The molecule has 20 heavy (non-hydrogen) atoms. The Morgan fingerprint density at radius 3 is 2.80 bits per heavy atom. The van der Waals surface area contributed by atoms with E-state index in [1.165, 1.54) is 7.11 Å². The van der Waals surface area contributed by atoms with Gasteiger partial charge in [-0.1, -0.05) is 12.1 Å². The molecule has 1 aliphatic rings. The highest BCUT2D eigenvalue weighted by molar-refractivity contribution is 6.11. The van der Waals surface area contributed by atoms with Gasteiger partial charge in [-0.05, 0) is 35.9 Å². The minimum atomic E-state index is -0.107. The number of hydrogen-bond donors (Lipinski definition) is 1. The van der Waals surface area contributed by atoms with Crippen molar-refractivity contribution in [2.45, 2.75) is 6.42 Å². The van der Waals surface area contributed by atoms with Gasteiger partial charge in [0.25, 0.3) is 0 Å². The quantitative estimate of drug-likeness (QED) is 0.869. The number of fused-ring (bicyclic) bond motifs is 1. The lowest BCUT2D eigenvalue weighted by molar-refractivity contribution is -0.115. The largest absolute Gasteiger partial charge is 0.496 e. The van der Waals surface area contributed by atoms with Crippen molar-refractivity contribution >= 4 is 17.4 Å². The fourth-order valence-electron chi connectivity index (χ4n) is 2.36. The van der Waals surface area contributed by atoms with E-state index in [-0.39, 0.29) is 11.7 Å². The molecule has 100 valence electrons. The van der Waals surface area contributed by atoms with Crippen molar-refractivity contribution in [2.24, 2.45) is 0 Å². The molecule has 0 unspecified atom stereocenters. The lowest BCUT2D eigenvalue weighted by Gasteiger charge is -2.08. The van der Waals surface area contributed by atoms with Gasteiger partial charge in [-0.3, -0.25) is 9.59 Å². The van der Waals surface area contributed by atoms with Crippen molar-refractivity contribution in [1.29, 1.82) is 0 Å². The molecule has 1 amide bonds. The zero-order valence-corrected chi connectivity index (χ0v) is 11.0. The molecule has 0 aliphatic carbocycles. The molecule has 0 aromatic heterocycles. The molecule has 0 saturated carbocycles. The topological polar surface area (TPSA) is 55.4 Å². The van der Waals surface area contributed by atoms with Gasteiger partial charge in [0.1, 0.15) is 5.75 Å². The third-order valence-corrected chi connectivity index (χ3v) is 3.34. The first-order valence-corrected chi connectivity index (χ1v) is 6.29. The van der Waals surface area contributed by atoms with Gasteiger partial charge in [-0.15, -0.1) is 0 Å². The van der Waals surface area contributed by atoms with Crippen LogP contribution in [0.4, 0.5) is 5.69 Å². The third kappa shape index (κ3) is 2.05. The van der Waals surface area contributed by atoms with E-state index in [0.717, 1.165) is 11.3 Å². The molecule has 1 aliphatic heterocycles. The van der Waals surface area contributed by atoms with E-state index in [4.69, 9.17) is 4.74 Å². The first kappa shape index (κ1) is 12.4. The Balaban J connectivity index is 1.99. The lowest BCUT2D eigenvalue weighted by Crippen LogP contribution is -2.04. The fraction of sp³-hybridized carbons (Fsp3) is 0.125. The predicted molar refractivity (Wildman–Crippen MR) is 75.2 cm³/mol. The summed E-state index contributed by atoms with van der Waals surface area (Å²) in [7, 11) is 1.54. The van der Waals surface area contributed by atoms with Crippen molar-refractivity contribution in [3.63, 3.8) is 0 Å². The van der Waals surface area contributed by atoms with E-state index in [9.17, 15) is 9.59 Å². The van der Waals surface area contributed by atoms with Crippen molar-refractivity contribution < 1.29 is 14.3 Å². The minimum absolute atomic E-state index is 0.0399. The maximum absolute atomic E-state index is 12.5. The van der Waals surface area contributed by atoms with E-state index in [2.05, 4.69) is 5.32 Å². The second kappa shape index (κ2) is 4.81. The minimum Gasteiger partial charge on any atom is -0.496 e. The van der Waals surface area contributed by atoms with Crippen molar-refractivity contribution in [3.05, 3.63) is 59.2 Å². The molecular weight excluding hydrogens is 254 g/mol. The smallest absolute Gasteiger partial charge is 0.228 e. The number of amides is 1. The van der Waals surface area contributed by atoms with Crippen LogP contribution in [0.15, 0.2) is 42.5 Å². The molecule has 0 bridgehead atoms. The molecule has 4 nitrogen and oxygen atoms in total. The molecule has 4 heteroatoms. The van der Waals surface area contributed by atoms with Gasteiger partial charge in [0, 0.05) is 11.3 Å². The molecule has 2 aromatic rings. The van der Waals surface area contributed by atoms with Crippen molar-refractivity contribution in [3.8, 4) is 5.75 Å². The van der Waals surface area contributed by atoms with Crippen LogP contribution in [-0.4, -0.2) is 18.8 Å². The van der Waals surface area contributed by atoms with Crippen LogP contribution in [0, 0.1) is 0 Å². The van der Waals surface area contributed by atoms with Gasteiger partial charge in [-0.25, -0.2) is 0 Å². The molecule has 0 spiro atoms. The molecule has 0 radical (unpaired) electrons. The Morgan fingerprint density at radius 1 is 1.20 bits per heavy atom. The highest BCUT2D eigenvalue weighted by Gasteiger charge is 2.20. The van der Waals surface area contributed by atoms with Crippen LogP contribution in [0.25, 0.3) is 0 Å². The summed E-state index contributed by atoms with van der Waals surface area (Å²) in [6.45, 7) is 0. The highest BCUT2D eigenvalue weighted by Crippen LogP contribution is 2.27.